The van der Waals surface area contributed by atoms with E-state index in [0.29, 0.717) is 12.2 Å². The van der Waals surface area contributed by atoms with E-state index in [4.69, 9.17) is 9.47 Å². The second-order valence-corrected chi connectivity index (χ2v) is 9.68. The molecule has 0 unspecified atom stereocenters. The molecule has 0 amide bonds. The monoisotopic (exact) mass is 586 g/mol. The molecule has 0 aliphatic carbocycles. The third kappa shape index (κ3) is 12.0. The molecule has 0 aromatic heterocycles. The van der Waals surface area contributed by atoms with Gasteiger partial charge in [0.05, 0.1) is 50.6 Å². The number of carboxylic acids is 2. The third-order valence-electron chi connectivity index (χ3n) is 6.90. The second-order valence-electron chi connectivity index (χ2n) is 9.68. The van der Waals surface area contributed by atoms with E-state index < -0.39 is 11.9 Å². The molecule has 4 rings (SSSR count). The van der Waals surface area contributed by atoms with Crippen LogP contribution in [-0.4, -0.2) is 114 Å². The van der Waals surface area contributed by atoms with Gasteiger partial charge in [-0.3, -0.25) is 9.80 Å². The number of quaternary nitrogens is 2. The van der Waals surface area contributed by atoms with Gasteiger partial charge in [-0.25, -0.2) is 0 Å². The summed E-state index contributed by atoms with van der Waals surface area (Å²) in [6.45, 7) is 13.0. The largest absolute Gasteiger partial charge is 0.545 e. The SMILES string of the molecule is COc1ccccc1N1CCN(CC[NH3+])CC1.COc1ccccc1N1CCN(CC[NH3+])CC1.O=C([O-])/C=C/C(=O)[O-]. The Hall–Kier alpha value is -3.84. The van der Waals surface area contributed by atoms with Crippen molar-refractivity contribution >= 4 is 23.3 Å². The molecule has 2 fully saturated rings. The van der Waals surface area contributed by atoms with Crippen molar-refractivity contribution in [2.75, 3.05) is 103 Å². The molecule has 12 nitrogen and oxygen atoms in total. The lowest BCUT2D eigenvalue weighted by atomic mass is 10.2. The molecular weight excluding hydrogens is 540 g/mol. The quantitative estimate of drug-likeness (QED) is 0.277. The fraction of sp³-hybridized carbons (Fsp3) is 0.467. The number of carboxylic acid groups (broad SMARTS) is 2. The van der Waals surface area contributed by atoms with Gasteiger partial charge in [-0.15, -0.1) is 0 Å². The van der Waals surface area contributed by atoms with Gasteiger partial charge < -0.3 is 50.5 Å². The molecule has 12 heteroatoms. The average molecular weight is 587 g/mol. The van der Waals surface area contributed by atoms with Crippen LogP contribution in [0.25, 0.3) is 0 Å². The van der Waals surface area contributed by atoms with Crippen LogP contribution in [0.5, 0.6) is 11.5 Å². The Morgan fingerprint density at radius 3 is 1.29 bits per heavy atom. The Kier molecular flexibility index (Phi) is 15.8. The summed E-state index contributed by atoms with van der Waals surface area (Å²) in [4.78, 5) is 28.6. The molecule has 2 aliphatic heterocycles. The maximum Gasteiger partial charge on any atom is 0.142 e. The summed E-state index contributed by atoms with van der Waals surface area (Å²) in [6, 6.07) is 16.5. The highest BCUT2D eigenvalue weighted by molar-refractivity contribution is 5.87. The summed E-state index contributed by atoms with van der Waals surface area (Å²) in [7, 11) is 3.47. The zero-order valence-electron chi connectivity index (χ0n) is 24.9. The molecule has 2 aromatic rings. The van der Waals surface area contributed by atoms with Crippen molar-refractivity contribution in [3.05, 3.63) is 60.7 Å². The van der Waals surface area contributed by atoms with Crippen molar-refractivity contribution in [3.63, 3.8) is 0 Å². The molecule has 0 saturated carbocycles. The number of nitrogens with zero attached hydrogens (tertiary/aromatic N) is 4. The number of carbonyl (C=O) groups excluding carboxylic acids is 2. The van der Waals surface area contributed by atoms with Crippen LogP contribution in [0.1, 0.15) is 0 Å². The third-order valence-corrected chi connectivity index (χ3v) is 6.90. The zero-order valence-corrected chi connectivity index (χ0v) is 24.9. The van der Waals surface area contributed by atoms with Gasteiger partial charge in [0.15, 0.2) is 0 Å². The number of rotatable bonds is 10. The van der Waals surface area contributed by atoms with Gasteiger partial charge in [0, 0.05) is 65.4 Å². The number of hydrogen-bond acceptors (Lipinski definition) is 10. The van der Waals surface area contributed by atoms with Crippen LogP contribution < -0.4 is 41.0 Å². The molecule has 2 aliphatic rings. The Balaban J connectivity index is 0.000000236. The van der Waals surface area contributed by atoms with Gasteiger partial charge in [-0.05, 0) is 36.4 Å². The molecule has 0 atom stereocenters. The minimum atomic E-state index is -1.55. The average Bonchev–Trinajstić information content (AvgIpc) is 3.02. The molecule has 2 saturated heterocycles. The van der Waals surface area contributed by atoms with Crippen LogP contribution in [-0.2, 0) is 9.59 Å². The highest BCUT2D eigenvalue weighted by Crippen LogP contribution is 2.29. The highest BCUT2D eigenvalue weighted by Gasteiger charge is 2.20. The van der Waals surface area contributed by atoms with E-state index in [2.05, 4.69) is 55.3 Å². The van der Waals surface area contributed by atoms with Gasteiger partial charge >= 0.3 is 0 Å². The van der Waals surface area contributed by atoms with Gasteiger partial charge in [-0.1, -0.05) is 24.3 Å². The van der Waals surface area contributed by atoms with Crippen LogP contribution >= 0.6 is 0 Å². The van der Waals surface area contributed by atoms with Gasteiger partial charge in [0.2, 0.25) is 0 Å². The van der Waals surface area contributed by atoms with Crippen molar-refractivity contribution < 1.29 is 40.7 Å². The fourth-order valence-electron chi connectivity index (χ4n) is 4.79. The molecule has 2 aromatic carbocycles. The molecule has 6 N–H and O–H groups in total. The highest BCUT2D eigenvalue weighted by atomic mass is 16.5. The van der Waals surface area contributed by atoms with E-state index in [1.165, 1.54) is 11.4 Å². The summed E-state index contributed by atoms with van der Waals surface area (Å²) in [5.74, 6) is -1.15. The molecule has 0 radical (unpaired) electrons. The van der Waals surface area contributed by atoms with Crippen LogP contribution in [0.4, 0.5) is 11.4 Å². The summed E-state index contributed by atoms with van der Waals surface area (Å²) in [6.07, 6.45) is 0.769. The molecule has 0 bridgehead atoms. The van der Waals surface area contributed by atoms with E-state index in [1.54, 1.807) is 14.2 Å². The van der Waals surface area contributed by atoms with E-state index in [9.17, 15) is 19.8 Å². The number of hydrogen-bond donors (Lipinski definition) is 2. The number of benzene rings is 2. The smallest absolute Gasteiger partial charge is 0.142 e. The predicted molar refractivity (Wildman–Crippen MR) is 158 cm³/mol. The first-order valence-electron chi connectivity index (χ1n) is 14.2. The van der Waals surface area contributed by atoms with Gasteiger partial charge in [-0.2, -0.15) is 0 Å². The van der Waals surface area contributed by atoms with Gasteiger partial charge in [0.1, 0.15) is 11.5 Å². The van der Waals surface area contributed by atoms with E-state index in [0.717, 1.165) is 90.0 Å². The Morgan fingerprint density at radius 1 is 0.667 bits per heavy atom. The normalized spacial score (nSPS) is 15.7. The Morgan fingerprint density at radius 2 is 1.00 bits per heavy atom. The molecular formula is C30H46N6O6. The van der Waals surface area contributed by atoms with Crippen LogP contribution in [0.15, 0.2) is 60.7 Å². The number of anilines is 2. The van der Waals surface area contributed by atoms with Crippen molar-refractivity contribution in [3.8, 4) is 11.5 Å². The van der Waals surface area contributed by atoms with Crippen molar-refractivity contribution in [1.82, 2.24) is 9.80 Å². The summed E-state index contributed by atoms with van der Waals surface area (Å²) >= 11 is 0. The Bertz CT molecular complexity index is 1020. The number of piperazine rings is 2. The molecule has 0 spiro atoms. The van der Waals surface area contributed by atoms with Crippen molar-refractivity contribution in [2.45, 2.75) is 0 Å². The van der Waals surface area contributed by atoms with Crippen LogP contribution in [0.2, 0.25) is 0 Å². The lowest BCUT2D eigenvalue weighted by molar-refractivity contribution is -0.369. The number of ether oxygens (including phenoxy) is 2. The first-order valence-corrected chi connectivity index (χ1v) is 14.2. The first kappa shape index (κ1) is 34.4. The maximum absolute atomic E-state index is 9.41. The van der Waals surface area contributed by atoms with Gasteiger partial charge in [0.25, 0.3) is 0 Å². The van der Waals surface area contributed by atoms with Crippen molar-refractivity contribution in [1.29, 1.82) is 0 Å². The maximum atomic E-state index is 9.41. The number of carbonyl (C=O) groups is 2. The summed E-state index contributed by atoms with van der Waals surface area (Å²) in [5.41, 5.74) is 10.2. The zero-order chi connectivity index (χ0) is 30.7. The molecule has 232 valence electrons. The van der Waals surface area contributed by atoms with Crippen LogP contribution in [0, 0.1) is 0 Å². The second kappa shape index (κ2) is 19.3. The van der Waals surface area contributed by atoms with E-state index in [1.807, 2.05) is 24.3 Å². The standard InChI is InChI=1S/2C13H21N3O.C4H4O4/c2*1-17-13-5-3-2-4-12(13)16-10-8-15(7-6-14)9-11-16;5-3(6)1-2-4(7)8/h2*2-5H,6-11,14H2,1H3;1-2H,(H,5,6)(H,7,8)/b;;2-1+. The lowest BCUT2D eigenvalue weighted by Crippen LogP contribution is -2.57. The number of methoxy groups -OCH3 is 2. The molecule has 42 heavy (non-hydrogen) atoms. The first-order chi connectivity index (χ1) is 20.3. The van der Waals surface area contributed by atoms with E-state index >= 15 is 0 Å². The predicted octanol–water partition coefficient (Wildman–Crippen LogP) is -2.84. The minimum absolute atomic E-state index is 0.384. The summed E-state index contributed by atoms with van der Waals surface area (Å²) < 4.78 is 10.8. The van der Waals surface area contributed by atoms with E-state index in [-0.39, 0.29) is 0 Å². The number of aliphatic carboxylic acids is 2. The number of para-hydroxylation sites is 4. The lowest BCUT2D eigenvalue weighted by Gasteiger charge is -2.36. The molecule has 2 heterocycles. The fourth-order valence-corrected chi connectivity index (χ4v) is 4.79. The topological polar surface area (TPSA) is 167 Å². The Labute approximate surface area is 248 Å². The minimum Gasteiger partial charge on any atom is -0.545 e. The summed E-state index contributed by atoms with van der Waals surface area (Å²) in [5, 5.41) is 18.8. The van der Waals surface area contributed by atoms with Crippen molar-refractivity contribution in [2.24, 2.45) is 0 Å². The van der Waals surface area contributed by atoms with Crippen LogP contribution in [0.3, 0.4) is 0 Å².